The molecule has 7 rings (SSSR count). The molecule has 7 aromatic rings. The number of fused-ring (bicyclic) bond motifs is 7. The minimum atomic E-state index is 1.27. The minimum absolute atomic E-state index is 1.27. The summed E-state index contributed by atoms with van der Waals surface area (Å²) in [5.74, 6) is 0. The quantitative estimate of drug-likeness (QED) is 0.241. The molecule has 1 heterocycles. The van der Waals surface area contributed by atoms with E-state index in [4.69, 9.17) is 0 Å². The fraction of sp³-hybridized carbons (Fsp3) is 0.0323. The van der Waals surface area contributed by atoms with Gasteiger partial charge in [0.15, 0.2) is 0 Å². The highest BCUT2D eigenvalue weighted by Gasteiger charge is 2.17. The molecule has 0 bridgehead atoms. The monoisotopic (exact) mass is 407 g/mol. The summed E-state index contributed by atoms with van der Waals surface area (Å²) >= 11 is 0. The van der Waals surface area contributed by atoms with Crippen LogP contribution in [0.2, 0.25) is 0 Å². The van der Waals surface area contributed by atoms with Crippen LogP contribution in [-0.4, -0.2) is 4.57 Å². The molecule has 0 radical (unpaired) electrons. The van der Waals surface area contributed by atoms with Gasteiger partial charge in [0.25, 0.3) is 0 Å². The second kappa shape index (κ2) is 6.45. The Morgan fingerprint density at radius 2 is 1.00 bits per heavy atom. The van der Waals surface area contributed by atoms with Crippen LogP contribution in [0.5, 0.6) is 0 Å². The molecule has 1 heteroatoms. The van der Waals surface area contributed by atoms with Crippen molar-refractivity contribution in [3.8, 4) is 11.1 Å². The van der Waals surface area contributed by atoms with Crippen LogP contribution in [0.3, 0.4) is 0 Å². The van der Waals surface area contributed by atoms with Crippen LogP contribution in [0.1, 0.15) is 0 Å². The molecule has 0 saturated carbocycles. The predicted octanol–water partition coefficient (Wildman–Crippen LogP) is 8.46. The van der Waals surface area contributed by atoms with Crippen molar-refractivity contribution in [2.24, 2.45) is 7.05 Å². The highest BCUT2D eigenvalue weighted by molar-refractivity contribution is 6.25. The fourth-order valence-corrected chi connectivity index (χ4v) is 5.55. The van der Waals surface area contributed by atoms with Crippen LogP contribution in [-0.2, 0) is 7.05 Å². The van der Waals surface area contributed by atoms with Gasteiger partial charge in [-0.15, -0.1) is 0 Å². The number of aryl methyl sites for hydroxylation is 1. The molecule has 0 aliphatic rings. The van der Waals surface area contributed by atoms with Gasteiger partial charge in [0.05, 0.1) is 5.52 Å². The van der Waals surface area contributed by atoms with Gasteiger partial charge in [-0.1, -0.05) is 91.0 Å². The fourth-order valence-electron chi connectivity index (χ4n) is 5.55. The van der Waals surface area contributed by atoms with E-state index in [-0.39, 0.29) is 0 Å². The SMILES string of the molecule is Cn1c2ccccc2c2cc(-c3c4ccccc4cc4ccccc34)c3ccccc3c21. The Kier molecular flexibility index (Phi) is 3.54. The largest absolute Gasteiger partial charge is 0.343 e. The van der Waals surface area contributed by atoms with Crippen molar-refractivity contribution < 1.29 is 0 Å². The van der Waals surface area contributed by atoms with Gasteiger partial charge in [0.2, 0.25) is 0 Å². The second-order valence-corrected chi connectivity index (χ2v) is 8.64. The summed E-state index contributed by atoms with van der Waals surface area (Å²) < 4.78 is 2.35. The average molecular weight is 408 g/mol. The standard InChI is InChI=1S/C31H21N/c1-32-29-17-9-8-15-25(29)28-19-27(24-14-6-7-16-26(24)31(28)32)30-22-12-4-2-10-20(22)18-21-11-3-5-13-23(21)30/h2-19H,1H3. The van der Waals surface area contributed by atoms with Crippen molar-refractivity contribution >= 4 is 54.1 Å². The first-order chi connectivity index (χ1) is 15.8. The Hall–Kier alpha value is -4.10. The molecule has 0 amide bonds. The molecule has 0 atom stereocenters. The van der Waals surface area contributed by atoms with E-state index in [0.29, 0.717) is 0 Å². The van der Waals surface area contributed by atoms with E-state index in [1.54, 1.807) is 0 Å². The Labute approximate surface area is 186 Å². The van der Waals surface area contributed by atoms with Crippen LogP contribution in [0.25, 0.3) is 65.3 Å². The normalized spacial score (nSPS) is 11.9. The van der Waals surface area contributed by atoms with E-state index < -0.39 is 0 Å². The summed E-state index contributed by atoms with van der Waals surface area (Å²) in [6, 6.07) is 39.9. The molecule has 0 aliphatic heterocycles. The Morgan fingerprint density at radius 3 is 1.69 bits per heavy atom. The molecular formula is C31H21N. The zero-order valence-corrected chi connectivity index (χ0v) is 17.8. The van der Waals surface area contributed by atoms with Gasteiger partial charge in [-0.25, -0.2) is 0 Å². The van der Waals surface area contributed by atoms with E-state index in [1.165, 1.54) is 65.3 Å². The molecule has 6 aromatic carbocycles. The van der Waals surface area contributed by atoms with Gasteiger partial charge in [0, 0.05) is 28.7 Å². The van der Waals surface area contributed by atoms with Crippen molar-refractivity contribution in [2.45, 2.75) is 0 Å². The van der Waals surface area contributed by atoms with Gasteiger partial charge in [-0.3, -0.25) is 0 Å². The third-order valence-corrected chi connectivity index (χ3v) is 6.95. The number of para-hydroxylation sites is 1. The molecule has 32 heavy (non-hydrogen) atoms. The molecule has 1 nitrogen and oxygen atoms in total. The van der Waals surface area contributed by atoms with Crippen LogP contribution in [0, 0.1) is 0 Å². The number of aromatic nitrogens is 1. The zero-order valence-electron chi connectivity index (χ0n) is 17.8. The molecule has 0 saturated heterocycles. The minimum Gasteiger partial charge on any atom is -0.343 e. The van der Waals surface area contributed by atoms with Crippen molar-refractivity contribution in [1.82, 2.24) is 4.57 Å². The highest BCUT2D eigenvalue weighted by Crippen LogP contribution is 2.43. The Bertz CT molecular complexity index is 1780. The Morgan fingerprint density at radius 1 is 0.469 bits per heavy atom. The van der Waals surface area contributed by atoms with Gasteiger partial charge in [-0.2, -0.15) is 0 Å². The third-order valence-electron chi connectivity index (χ3n) is 6.95. The lowest BCUT2D eigenvalue weighted by Gasteiger charge is -2.15. The van der Waals surface area contributed by atoms with Gasteiger partial charge in [-0.05, 0) is 56.3 Å². The summed E-state index contributed by atoms with van der Waals surface area (Å²) in [7, 11) is 2.18. The molecule has 0 fully saturated rings. The number of hydrogen-bond donors (Lipinski definition) is 0. The molecule has 0 unspecified atom stereocenters. The molecule has 0 N–H and O–H groups in total. The van der Waals surface area contributed by atoms with E-state index in [0.717, 1.165) is 0 Å². The Balaban J connectivity index is 1.77. The lowest BCUT2D eigenvalue weighted by molar-refractivity contribution is 1.02. The highest BCUT2D eigenvalue weighted by atomic mass is 14.9. The first kappa shape index (κ1) is 17.6. The topological polar surface area (TPSA) is 4.93 Å². The van der Waals surface area contributed by atoms with Crippen molar-refractivity contribution in [3.05, 3.63) is 109 Å². The van der Waals surface area contributed by atoms with Crippen LogP contribution >= 0.6 is 0 Å². The molecule has 0 spiro atoms. The lowest BCUT2D eigenvalue weighted by atomic mass is 9.88. The van der Waals surface area contributed by atoms with E-state index in [2.05, 4.69) is 121 Å². The number of rotatable bonds is 1. The summed E-state index contributed by atoms with van der Waals surface area (Å²) in [5.41, 5.74) is 5.20. The first-order valence-electron chi connectivity index (χ1n) is 11.1. The van der Waals surface area contributed by atoms with E-state index in [1.807, 2.05) is 0 Å². The van der Waals surface area contributed by atoms with Gasteiger partial charge >= 0.3 is 0 Å². The third kappa shape index (κ3) is 2.28. The van der Waals surface area contributed by atoms with E-state index in [9.17, 15) is 0 Å². The molecule has 1 aromatic heterocycles. The summed E-state index contributed by atoms with van der Waals surface area (Å²) in [5, 5.41) is 10.4. The predicted molar refractivity (Wildman–Crippen MR) is 138 cm³/mol. The summed E-state index contributed by atoms with van der Waals surface area (Å²) in [4.78, 5) is 0. The zero-order chi connectivity index (χ0) is 21.2. The smallest absolute Gasteiger partial charge is 0.0568 e. The van der Waals surface area contributed by atoms with Crippen molar-refractivity contribution in [3.63, 3.8) is 0 Å². The van der Waals surface area contributed by atoms with Crippen LogP contribution < -0.4 is 0 Å². The average Bonchev–Trinajstić information content (AvgIpc) is 3.14. The second-order valence-electron chi connectivity index (χ2n) is 8.64. The van der Waals surface area contributed by atoms with Gasteiger partial charge < -0.3 is 4.57 Å². The maximum Gasteiger partial charge on any atom is 0.0568 e. The maximum absolute atomic E-state index is 2.42. The van der Waals surface area contributed by atoms with Crippen molar-refractivity contribution in [1.29, 1.82) is 0 Å². The maximum atomic E-state index is 2.42. The molecular weight excluding hydrogens is 386 g/mol. The van der Waals surface area contributed by atoms with Crippen LogP contribution in [0.4, 0.5) is 0 Å². The van der Waals surface area contributed by atoms with E-state index >= 15 is 0 Å². The molecule has 150 valence electrons. The van der Waals surface area contributed by atoms with Gasteiger partial charge in [0.1, 0.15) is 0 Å². The lowest BCUT2D eigenvalue weighted by Crippen LogP contribution is -1.91. The summed E-state index contributed by atoms with van der Waals surface area (Å²) in [6.45, 7) is 0. The number of nitrogens with zero attached hydrogens (tertiary/aromatic N) is 1. The number of benzene rings is 6. The first-order valence-corrected chi connectivity index (χ1v) is 11.1. The van der Waals surface area contributed by atoms with Crippen LogP contribution in [0.15, 0.2) is 109 Å². The number of hydrogen-bond acceptors (Lipinski definition) is 0. The summed E-state index contributed by atoms with van der Waals surface area (Å²) in [6.07, 6.45) is 0. The molecule has 0 aliphatic carbocycles. The van der Waals surface area contributed by atoms with Crippen molar-refractivity contribution in [2.75, 3.05) is 0 Å².